The zero-order chi connectivity index (χ0) is 17.3. The van der Waals surface area contributed by atoms with Crippen LogP contribution in [0.1, 0.15) is 24.4 Å². The summed E-state index contributed by atoms with van der Waals surface area (Å²) >= 11 is 1.67. The number of aromatic nitrogens is 1. The normalized spacial score (nSPS) is 11.8. The topological polar surface area (TPSA) is 67.2 Å². The first-order valence-electron chi connectivity index (χ1n) is 7.58. The Morgan fingerprint density at radius 1 is 1.33 bits per heavy atom. The van der Waals surface area contributed by atoms with E-state index in [1.165, 1.54) is 22.9 Å². The number of para-hydroxylation sites is 1. The van der Waals surface area contributed by atoms with Gasteiger partial charge in [-0.15, -0.1) is 0 Å². The quantitative estimate of drug-likeness (QED) is 0.435. The van der Waals surface area contributed by atoms with Crippen molar-refractivity contribution in [2.24, 2.45) is 0 Å². The lowest BCUT2D eigenvalue weighted by atomic mass is 10.1. The Kier molecular flexibility index (Phi) is 4.31. The number of fused-ring (bicyclic) bond motifs is 1. The SMILES string of the molecule is CC[n+]1c(/C(C)=C/c2cc([N+](=O)[O-])ccc2O)sc2ccccc21. The molecule has 0 radical (unpaired) electrons. The van der Waals surface area contributed by atoms with Crippen LogP contribution in [0.25, 0.3) is 21.9 Å². The fourth-order valence-corrected chi connectivity index (χ4v) is 3.90. The Hall–Kier alpha value is -2.73. The van der Waals surface area contributed by atoms with E-state index in [2.05, 4.69) is 23.6 Å². The van der Waals surface area contributed by atoms with Gasteiger partial charge in [-0.05, 0) is 32.1 Å². The number of benzene rings is 2. The third-order valence-corrected chi connectivity index (χ3v) is 5.16. The van der Waals surface area contributed by atoms with Crippen LogP contribution >= 0.6 is 11.3 Å². The molecule has 3 rings (SSSR count). The van der Waals surface area contributed by atoms with Gasteiger partial charge in [0.15, 0.2) is 0 Å². The lowest BCUT2D eigenvalue weighted by Gasteiger charge is -2.01. The number of phenols is 1. The minimum atomic E-state index is -0.461. The summed E-state index contributed by atoms with van der Waals surface area (Å²) in [5, 5.41) is 22.0. The van der Waals surface area contributed by atoms with Crippen LogP contribution in [0.3, 0.4) is 0 Å². The van der Waals surface area contributed by atoms with E-state index in [1.807, 2.05) is 19.1 Å². The van der Waals surface area contributed by atoms with Gasteiger partial charge in [-0.25, -0.2) is 0 Å². The van der Waals surface area contributed by atoms with E-state index in [1.54, 1.807) is 17.4 Å². The van der Waals surface area contributed by atoms with Gasteiger partial charge in [0, 0.05) is 29.3 Å². The lowest BCUT2D eigenvalue weighted by molar-refractivity contribution is -0.665. The Morgan fingerprint density at radius 2 is 2.08 bits per heavy atom. The number of thiazole rings is 1. The van der Waals surface area contributed by atoms with E-state index >= 15 is 0 Å². The maximum atomic E-state index is 10.9. The van der Waals surface area contributed by atoms with Crippen molar-refractivity contribution in [3.05, 3.63) is 63.1 Å². The van der Waals surface area contributed by atoms with Crippen LogP contribution in [0.2, 0.25) is 0 Å². The first-order valence-corrected chi connectivity index (χ1v) is 8.40. The summed E-state index contributed by atoms with van der Waals surface area (Å²) in [7, 11) is 0. The van der Waals surface area contributed by atoms with E-state index < -0.39 is 4.92 Å². The number of phenolic OH excluding ortho intramolecular Hbond substituents is 1. The fraction of sp³-hybridized carbons (Fsp3) is 0.167. The molecule has 0 bridgehead atoms. The number of hydrogen-bond donors (Lipinski definition) is 1. The van der Waals surface area contributed by atoms with E-state index in [-0.39, 0.29) is 11.4 Å². The number of nitro benzene ring substituents is 1. The van der Waals surface area contributed by atoms with Crippen LogP contribution in [0, 0.1) is 10.1 Å². The summed E-state index contributed by atoms with van der Waals surface area (Å²) in [5.41, 5.74) is 2.53. The summed E-state index contributed by atoms with van der Waals surface area (Å²) in [4.78, 5) is 10.5. The van der Waals surface area contributed by atoms with Gasteiger partial charge in [0.1, 0.15) is 17.0 Å². The third-order valence-electron chi connectivity index (χ3n) is 3.86. The van der Waals surface area contributed by atoms with Gasteiger partial charge in [-0.2, -0.15) is 4.57 Å². The molecule has 0 aliphatic rings. The number of aromatic hydroxyl groups is 1. The molecule has 0 aliphatic heterocycles. The monoisotopic (exact) mass is 341 g/mol. The number of non-ortho nitro benzene ring substituents is 1. The van der Waals surface area contributed by atoms with Crippen LogP contribution < -0.4 is 4.57 Å². The summed E-state index contributed by atoms with van der Waals surface area (Å²) in [6.07, 6.45) is 1.79. The standard InChI is InChI=1S/C18H16N2O3S/c1-3-19-15-6-4-5-7-17(15)24-18(19)12(2)10-13-11-14(20(22)23)8-9-16(13)21/h4-11H,3H2,1-2H3/p+1. The van der Waals surface area contributed by atoms with E-state index in [0.717, 1.165) is 22.6 Å². The van der Waals surface area contributed by atoms with Crippen LogP contribution in [0.15, 0.2) is 42.5 Å². The zero-order valence-corrected chi connectivity index (χ0v) is 14.2. The molecular weight excluding hydrogens is 324 g/mol. The molecule has 5 nitrogen and oxygen atoms in total. The van der Waals surface area contributed by atoms with Crippen molar-refractivity contribution in [1.29, 1.82) is 0 Å². The third kappa shape index (κ3) is 2.88. The van der Waals surface area contributed by atoms with Gasteiger partial charge in [-0.1, -0.05) is 23.5 Å². The molecule has 0 spiro atoms. The van der Waals surface area contributed by atoms with Gasteiger partial charge in [-0.3, -0.25) is 10.1 Å². The first kappa shape index (κ1) is 16.1. The number of nitro groups is 1. The number of rotatable bonds is 4. The molecule has 0 fully saturated rings. The maximum absolute atomic E-state index is 10.9. The molecule has 122 valence electrons. The van der Waals surface area contributed by atoms with Crippen LogP contribution in [0.5, 0.6) is 5.75 Å². The van der Waals surface area contributed by atoms with Crippen molar-refractivity contribution < 1.29 is 14.6 Å². The predicted molar refractivity (Wildman–Crippen MR) is 96.0 cm³/mol. The molecule has 6 heteroatoms. The van der Waals surface area contributed by atoms with Crippen LogP contribution in [-0.4, -0.2) is 10.0 Å². The van der Waals surface area contributed by atoms with Crippen LogP contribution in [0.4, 0.5) is 5.69 Å². The number of hydrogen-bond acceptors (Lipinski definition) is 4. The second-order valence-electron chi connectivity index (χ2n) is 5.45. The van der Waals surface area contributed by atoms with E-state index in [9.17, 15) is 15.2 Å². The molecule has 1 N–H and O–H groups in total. The van der Waals surface area contributed by atoms with E-state index in [0.29, 0.717) is 5.56 Å². The number of allylic oxidation sites excluding steroid dienone is 1. The average molecular weight is 341 g/mol. The summed E-state index contributed by atoms with van der Waals surface area (Å²) in [6, 6.07) is 12.2. The molecular formula is C18H17N2O3S+. The molecule has 1 heterocycles. The molecule has 0 saturated heterocycles. The molecule has 0 atom stereocenters. The van der Waals surface area contributed by atoms with Crippen molar-refractivity contribution in [3.8, 4) is 5.75 Å². The smallest absolute Gasteiger partial charge is 0.270 e. The Bertz CT molecular complexity index is 960. The molecule has 3 aromatic rings. The molecule has 1 aromatic heterocycles. The Balaban J connectivity index is 2.12. The highest BCUT2D eigenvalue weighted by atomic mass is 32.1. The summed E-state index contributed by atoms with van der Waals surface area (Å²) < 4.78 is 3.39. The maximum Gasteiger partial charge on any atom is 0.270 e. The molecule has 2 aromatic carbocycles. The lowest BCUT2D eigenvalue weighted by Crippen LogP contribution is -2.34. The summed E-state index contributed by atoms with van der Waals surface area (Å²) in [5.74, 6) is 0.0316. The van der Waals surface area contributed by atoms with E-state index in [4.69, 9.17) is 0 Å². The van der Waals surface area contributed by atoms with Crippen molar-refractivity contribution in [1.82, 2.24) is 0 Å². The second kappa shape index (κ2) is 6.41. The minimum absolute atomic E-state index is 0.0316. The molecule has 0 saturated carbocycles. The van der Waals surface area contributed by atoms with Gasteiger partial charge in [0.2, 0.25) is 5.52 Å². The highest BCUT2D eigenvalue weighted by Gasteiger charge is 2.20. The fourth-order valence-electron chi connectivity index (χ4n) is 2.71. The zero-order valence-electron chi connectivity index (χ0n) is 13.4. The van der Waals surface area contributed by atoms with Crippen molar-refractivity contribution in [3.63, 3.8) is 0 Å². The van der Waals surface area contributed by atoms with Crippen molar-refractivity contribution in [2.75, 3.05) is 0 Å². The highest BCUT2D eigenvalue weighted by molar-refractivity contribution is 7.19. The molecule has 0 unspecified atom stereocenters. The van der Waals surface area contributed by atoms with Gasteiger partial charge < -0.3 is 5.11 Å². The number of nitrogens with zero attached hydrogens (tertiary/aromatic N) is 2. The first-order chi connectivity index (χ1) is 11.5. The Morgan fingerprint density at radius 3 is 2.79 bits per heavy atom. The molecule has 24 heavy (non-hydrogen) atoms. The number of aryl methyl sites for hydroxylation is 1. The summed E-state index contributed by atoms with van der Waals surface area (Å²) in [6.45, 7) is 4.86. The largest absolute Gasteiger partial charge is 0.507 e. The van der Waals surface area contributed by atoms with Gasteiger partial charge in [0.05, 0.1) is 4.92 Å². The average Bonchev–Trinajstić information content (AvgIpc) is 2.95. The molecule has 0 aliphatic carbocycles. The van der Waals surface area contributed by atoms with Crippen molar-refractivity contribution in [2.45, 2.75) is 20.4 Å². The minimum Gasteiger partial charge on any atom is -0.507 e. The Labute approximate surface area is 143 Å². The van der Waals surface area contributed by atoms with Crippen molar-refractivity contribution >= 4 is 38.9 Å². The molecule has 0 amide bonds. The van der Waals surface area contributed by atoms with Crippen LogP contribution in [-0.2, 0) is 6.54 Å². The highest BCUT2D eigenvalue weighted by Crippen LogP contribution is 2.30. The second-order valence-corrected chi connectivity index (χ2v) is 6.48. The van der Waals surface area contributed by atoms with Gasteiger partial charge in [0.25, 0.3) is 10.7 Å². The predicted octanol–water partition coefficient (Wildman–Crippen LogP) is 4.38. The van der Waals surface area contributed by atoms with Gasteiger partial charge >= 0.3 is 0 Å².